The van der Waals surface area contributed by atoms with Gasteiger partial charge in [-0.1, -0.05) is 11.8 Å². The van der Waals surface area contributed by atoms with E-state index in [1.807, 2.05) is 42.9 Å². The Labute approximate surface area is 140 Å². The van der Waals surface area contributed by atoms with Crippen molar-refractivity contribution in [3.63, 3.8) is 0 Å². The van der Waals surface area contributed by atoms with Crippen LogP contribution in [0.2, 0.25) is 0 Å². The Morgan fingerprint density at radius 1 is 1.39 bits per heavy atom. The number of nitrogens with zero attached hydrogens (tertiary/aromatic N) is 2. The van der Waals surface area contributed by atoms with Crippen molar-refractivity contribution in [2.24, 2.45) is 7.05 Å². The van der Waals surface area contributed by atoms with Gasteiger partial charge in [0.05, 0.1) is 26.0 Å². The van der Waals surface area contributed by atoms with E-state index >= 15 is 0 Å². The molecule has 1 atom stereocenters. The van der Waals surface area contributed by atoms with Crippen molar-refractivity contribution in [2.45, 2.75) is 18.1 Å². The topological polar surface area (TPSA) is 65.4 Å². The maximum atomic E-state index is 12.1. The van der Waals surface area contributed by atoms with E-state index in [9.17, 15) is 4.79 Å². The maximum Gasteiger partial charge on any atom is 0.230 e. The van der Waals surface area contributed by atoms with E-state index in [2.05, 4.69) is 10.3 Å². The first-order valence-electron chi connectivity index (χ1n) is 7.16. The van der Waals surface area contributed by atoms with Gasteiger partial charge < -0.3 is 19.4 Å². The molecule has 7 heteroatoms. The van der Waals surface area contributed by atoms with Crippen molar-refractivity contribution < 1.29 is 14.3 Å². The number of ether oxygens (including phenoxy) is 2. The third-order valence-electron chi connectivity index (χ3n) is 3.39. The van der Waals surface area contributed by atoms with Crippen LogP contribution in [0.25, 0.3) is 0 Å². The number of nitrogens with one attached hydrogen (secondary N) is 1. The SMILES string of the molecule is COc1ccc(OC)c(C(C)NC(=O)CSc2nccn2C)c1. The van der Waals surface area contributed by atoms with Crippen molar-refractivity contribution in [3.8, 4) is 11.5 Å². The highest BCUT2D eigenvalue weighted by molar-refractivity contribution is 7.99. The van der Waals surface area contributed by atoms with Crippen LogP contribution in [0.4, 0.5) is 0 Å². The Balaban J connectivity index is 1.99. The van der Waals surface area contributed by atoms with Crippen molar-refractivity contribution in [1.82, 2.24) is 14.9 Å². The number of carbonyl (C=O) groups excluding carboxylic acids is 1. The quantitative estimate of drug-likeness (QED) is 0.787. The number of hydrogen-bond donors (Lipinski definition) is 1. The number of imidazole rings is 1. The molecule has 0 spiro atoms. The average molecular weight is 335 g/mol. The molecule has 6 nitrogen and oxygen atoms in total. The second kappa shape index (κ2) is 7.92. The van der Waals surface area contributed by atoms with Gasteiger partial charge in [-0.25, -0.2) is 4.98 Å². The zero-order valence-electron chi connectivity index (χ0n) is 13.7. The van der Waals surface area contributed by atoms with E-state index in [1.165, 1.54) is 11.8 Å². The highest BCUT2D eigenvalue weighted by atomic mass is 32.2. The minimum absolute atomic E-state index is 0.0598. The summed E-state index contributed by atoms with van der Waals surface area (Å²) in [6.07, 6.45) is 3.56. The highest BCUT2D eigenvalue weighted by Gasteiger charge is 2.16. The zero-order valence-corrected chi connectivity index (χ0v) is 14.5. The summed E-state index contributed by atoms with van der Waals surface area (Å²) in [4.78, 5) is 16.3. The monoisotopic (exact) mass is 335 g/mol. The molecule has 1 heterocycles. The molecule has 1 amide bonds. The lowest BCUT2D eigenvalue weighted by Crippen LogP contribution is -2.28. The predicted molar refractivity (Wildman–Crippen MR) is 90.0 cm³/mol. The molecule has 0 bridgehead atoms. The predicted octanol–water partition coefficient (Wildman–Crippen LogP) is 2.41. The fraction of sp³-hybridized carbons (Fsp3) is 0.375. The van der Waals surface area contributed by atoms with Gasteiger partial charge in [-0.15, -0.1) is 0 Å². The van der Waals surface area contributed by atoms with E-state index in [0.29, 0.717) is 5.75 Å². The van der Waals surface area contributed by atoms with Crippen LogP contribution in [0.3, 0.4) is 0 Å². The number of carbonyl (C=O) groups is 1. The smallest absolute Gasteiger partial charge is 0.230 e. The van der Waals surface area contributed by atoms with Gasteiger partial charge in [-0.3, -0.25) is 4.79 Å². The molecule has 1 aromatic heterocycles. The maximum absolute atomic E-state index is 12.1. The molecular formula is C16H21N3O3S. The van der Waals surface area contributed by atoms with Gasteiger partial charge in [0.25, 0.3) is 0 Å². The summed E-state index contributed by atoms with van der Waals surface area (Å²) in [5.74, 6) is 1.69. The molecule has 0 saturated carbocycles. The first-order valence-corrected chi connectivity index (χ1v) is 8.15. The van der Waals surface area contributed by atoms with Crippen LogP contribution < -0.4 is 14.8 Å². The average Bonchev–Trinajstić information content (AvgIpc) is 2.97. The number of amides is 1. The summed E-state index contributed by atoms with van der Waals surface area (Å²) >= 11 is 1.40. The van der Waals surface area contributed by atoms with Crippen molar-refractivity contribution in [2.75, 3.05) is 20.0 Å². The summed E-state index contributed by atoms with van der Waals surface area (Å²) < 4.78 is 12.5. The van der Waals surface area contributed by atoms with Crippen LogP contribution in [-0.4, -0.2) is 35.4 Å². The van der Waals surface area contributed by atoms with Gasteiger partial charge in [0, 0.05) is 25.0 Å². The molecule has 1 aromatic carbocycles. The minimum atomic E-state index is -0.186. The van der Waals surface area contributed by atoms with Gasteiger partial charge in [0.15, 0.2) is 5.16 Å². The molecule has 23 heavy (non-hydrogen) atoms. The Kier molecular flexibility index (Phi) is 5.92. The fourth-order valence-corrected chi connectivity index (χ4v) is 2.90. The van der Waals surface area contributed by atoms with E-state index in [4.69, 9.17) is 9.47 Å². The van der Waals surface area contributed by atoms with Gasteiger partial charge >= 0.3 is 0 Å². The second-order valence-electron chi connectivity index (χ2n) is 5.01. The van der Waals surface area contributed by atoms with Crippen LogP contribution in [0.5, 0.6) is 11.5 Å². The molecule has 124 valence electrons. The molecule has 0 aliphatic rings. The van der Waals surface area contributed by atoms with E-state index in [-0.39, 0.29) is 11.9 Å². The van der Waals surface area contributed by atoms with Crippen LogP contribution in [-0.2, 0) is 11.8 Å². The number of aromatic nitrogens is 2. The standard InChI is InChI=1S/C16H21N3O3S/c1-11(13-9-12(21-3)5-6-14(13)22-4)18-15(20)10-23-16-17-7-8-19(16)2/h5-9,11H,10H2,1-4H3,(H,18,20). The first-order chi connectivity index (χ1) is 11.0. The molecule has 2 aromatic rings. The van der Waals surface area contributed by atoms with E-state index in [0.717, 1.165) is 22.2 Å². The van der Waals surface area contributed by atoms with Crippen LogP contribution in [0, 0.1) is 0 Å². The Hall–Kier alpha value is -2.15. The molecule has 1 N–H and O–H groups in total. The summed E-state index contributed by atoms with van der Waals surface area (Å²) in [6.45, 7) is 1.92. The number of rotatable bonds is 7. The lowest BCUT2D eigenvalue weighted by molar-refractivity contribution is -0.119. The normalized spacial score (nSPS) is 11.8. The Bertz CT molecular complexity index is 672. The number of benzene rings is 1. The number of methoxy groups -OCH3 is 2. The summed E-state index contributed by atoms with van der Waals surface area (Å²) in [5.41, 5.74) is 0.877. The van der Waals surface area contributed by atoms with Crippen molar-refractivity contribution >= 4 is 17.7 Å². The molecule has 0 saturated heterocycles. The number of aryl methyl sites for hydroxylation is 1. The third kappa shape index (κ3) is 4.41. The fourth-order valence-electron chi connectivity index (χ4n) is 2.16. The highest BCUT2D eigenvalue weighted by Crippen LogP contribution is 2.29. The Morgan fingerprint density at radius 2 is 2.17 bits per heavy atom. The van der Waals surface area contributed by atoms with Gasteiger partial charge in [-0.2, -0.15) is 0 Å². The Morgan fingerprint density at radius 3 is 2.78 bits per heavy atom. The molecule has 1 unspecified atom stereocenters. The first kappa shape index (κ1) is 17.2. The molecular weight excluding hydrogens is 314 g/mol. The summed E-state index contributed by atoms with van der Waals surface area (Å²) in [6, 6.07) is 5.35. The van der Waals surface area contributed by atoms with Crippen LogP contribution in [0.15, 0.2) is 35.7 Å². The molecule has 2 rings (SSSR count). The van der Waals surface area contributed by atoms with E-state index in [1.54, 1.807) is 20.4 Å². The largest absolute Gasteiger partial charge is 0.497 e. The van der Waals surface area contributed by atoms with Crippen molar-refractivity contribution in [1.29, 1.82) is 0 Å². The van der Waals surface area contributed by atoms with Crippen molar-refractivity contribution in [3.05, 3.63) is 36.2 Å². The molecule has 0 aliphatic carbocycles. The third-order valence-corrected chi connectivity index (χ3v) is 4.45. The summed E-state index contributed by atoms with van der Waals surface area (Å²) in [7, 11) is 5.12. The second-order valence-corrected chi connectivity index (χ2v) is 5.95. The summed E-state index contributed by atoms with van der Waals surface area (Å²) in [5, 5.41) is 3.78. The van der Waals surface area contributed by atoms with Gasteiger partial charge in [0.1, 0.15) is 11.5 Å². The molecule has 0 aliphatic heterocycles. The lowest BCUT2D eigenvalue weighted by Gasteiger charge is -2.18. The molecule has 0 radical (unpaired) electrons. The number of thioether (sulfide) groups is 1. The number of hydrogen-bond acceptors (Lipinski definition) is 5. The van der Waals surface area contributed by atoms with Crippen LogP contribution in [0.1, 0.15) is 18.5 Å². The van der Waals surface area contributed by atoms with Gasteiger partial charge in [-0.05, 0) is 25.1 Å². The minimum Gasteiger partial charge on any atom is -0.497 e. The molecule has 0 fully saturated rings. The zero-order chi connectivity index (χ0) is 16.8. The van der Waals surface area contributed by atoms with Crippen LogP contribution >= 0.6 is 11.8 Å². The van der Waals surface area contributed by atoms with Gasteiger partial charge in [0.2, 0.25) is 5.91 Å². The lowest BCUT2D eigenvalue weighted by atomic mass is 10.1. The van der Waals surface area contributed by atoms with E-state index < -0.39 is 0 Å².